The fourth-order valence-corrected chi connectivity index (χ4v) is 3.06. The number of aryl methyl sites for hydroxylation is 2. The van der Waals surface area contributed by atoms with E-state index in [2.05, 4.69) is 15.4 Å². The lowest BCUT2D eigenvalue weighted by Crippen LogP contribution is -2.29. The molecule has 0 saturated carbocycles. The minimum Gasteiger partial charge on any atom is -0.387 e. The molecule has 0 fully saturated rings. The van der Waals surface area contributed by atoms with Crippen LogP contribution in [0.4, 0.5) is 8.78 Å². The first kappa shape index (κ1) is 19.9. The summed E-state index contributed by atoms with van der Waals surface area (Å²) in [7, 11) is 1.76. The van der Waals surface area contributed by atoms with Crippen LogP contribution in [0.3, 0.4) is 0 Å². The van der Waals surface area contributed by atoms with Crippen LogP contribution < -0.4 is 5.32 Å². The monoisotopic (exact) mass is 388 g/mol. The molecule has 8 heteroatoms. The lowest BCUT2D eigenvalue weighted by Gasteiger charge is -2.14. The lowest BCUT2D eigenvalue weighted by atomic mass is 10.0. The van der Waals surface area contributed by atoms with Gasteiger partial charge in [0, 0.05) is 19.3 Å². The lowest BCUT2D eigenvalue weighted by molar-refractivity contribution is 0.0917. The third-order valence-corrected chi connectivity index (χ3v) is 4.61. The Kier molecular flexibility index (Phi) is 5.42. The van der Waals surface area contributed by atoms with Gasteiger partial charge in [-0.25, -0.2) is 13.8 Å². The molecule has 0 radical (unpaired) electrons. The van der Waals surface area contributed by atoms with Gasteiger partial charge in [-0.3, -0.25) is 9.48 Å². The second-order valence-corrected chi connectivity index (χ2v) is 7.06. The maximum atomic E-state index is 13.4. The van der Waals surface area contributed by atoms with Gasteiger partial charge < -0.3 is 10.4 Å². The maximum Gasteiger partial charge on any atom is 0.252 e. The van der Waals surface area contributed by atoms with Crippen LogP contribution in [0.5, 0.6) is 0 Å². The first-order valence-corrected chi connectivity index (χ1v) is 8.94. The van der Waals surface area contributed by atoms with Crippen molar-refractivity contribution in [1.29, 1.82) is 0 Å². The van der Waals surface area contributed by atoms with Gasteiger partial charge in [0.1, 0.15) is 0 Å². The van der Waals surface area contributed by atoms with Crippen molar-refractivity contribution in [1.82, 2.24) is 20.1 Å². The van der Waals surface area contributed by atoms with Crippen molar-refractivity contribution in [3.8, 4) is 0 Å². The van der Waals surface area contributed by atoms with Gasteiger partial charge in [0.15, 0.2) is 17.3 Å². The van der Waals surface area contributed by atoms with Crippen LogP contribution in [-0.2, 0) is 7.05 Å². The molecule has 1 aromatic carbocycles. The highest BCUT2D eigenvalue weighted by Crippen LogP contribution is 2.25. The molecule has 0 aliphatic heterocycles. The van der Waals surface area contributed by atoms with Gasteiger partial charge in [0.2, 0.25) is 0 Å². The van der Waals surface area contributed by atoms with Gasteiger partial charge in [-0.15, -0.1) is 0 Å². The number of carbonyl (C=O) groups is 1. The number of carbonyl (C=O) groups excluding carboxylic acids is 1. The molecule has 0 aliphatic rings. The molecule has 1 atom stereocenters. The number of amides is 1. The molecule has 0 unspecified atom stereocenters. The maximum absolute atomic E-state index is 13.4. The Bertz CT molecular complexity index is 1050. The quantitative estimate of drug-likeness (QED) is 0.704. The number of hydrogen-bond donors (Lipinski definition) is 2. The molecular formula is C20H22F2N4O2. The number of rotatable bonds is 5. The normalized spacial score (nSPS) is 12.6. The molecule has 0 bridgehead atoms. The summed E-state index contributed by atoms with van der Waals surface area (Å²) in [4.78, 5) is 17.4. The van der Waals surface area contributed by atoms with E-state index >= 15 is 0 Å². The Morgan fingerprint density at radius 2 is 1.96 bits per heavy atom. The second kappa shape index (κ2) is 7.63. The minimum atomic E-state index is -1.17. The summed E-state index contributed by atoms with van der Waals surface area (Å²) in [5, 5.41) is 17.9. The number of benzene rings is 1. The molecule has 3 rings (SSSR count). The van der Waals surface area contributed by atoms with Crippen LogP contribution in [0, 0.1) is 18.6 Å². The fourth-order valence-electron chi connectivity index (χ4n) is 3.06. The van der Waals surface area contributed by atoms with Crippen LogP contribution in [0.1, 0.15) is 53.2 Å². The Morgan fingerprint density at radius 1 is 1.25 bits per heavy atom. The fraction of sp³-hybridized carbons (Fsp3) is 0.350. The number of fused-ring (bicyclic) bond motifs is 1. The van der Waals surface area contributed by atoms with Gasteiger partial charge in [0.05, 0.1) is 22.7 Å². The summed E-state index contributed by atoms with van der Waals surface area (Å²) in [6.45, 7) is 5.61. The Labute approximate surface area is 161 Å². The number of aliphatic hydroxyl groups excluding tert-OH is 1. The number of halogens is 2. The summed E-state index contributed by atoms with van der Waals surface area (Å²) in [6, 6.07) is 4.86. The van der Waals surface area contributed by atoms with Crippen molar-refractivity contribution in [2.45, 2.75) is 32.8 Å². The summed E-state index contributed by atoms with van der Waals surface area (Å²) >= 11 is 0. The van der Waals surface area contributed by atoms with Crippen molar-refractivity contribution < 1.29 is 18.7 Å². The van der Waals surface area contributed by atoms with Crippen molar-refractivity contribution in [2.75, 3.05) is 6.54 Å². The van der Waals surface area contributed by atoms with E-state index in [-0.39, 0.29) is 18.0 Å². The SMILES string of the molecule is Cc1nn(C)c2nc(C(C)C)cc(C(=O)NC[C@H](O)c3ccc(F)c(F)c3)c12. The third kappa shape index (κ3) is 3.73. The van der Waals surface area contributed by atoms with E-state index in [9.17, 15) is 18.7 Å². The third-order valence-electron chi connectivity index (χ3n) is 4.61. The van der Waals surface area contributed by atoms with Crippen molar-refractivity contribution in [3.05, 3.63) is 58.4 Å². The molecule has 2 heterocycles. The Morgan fingerprint density at radius 3 is 2.61 bits per heavy atom. The van der Waals surface area contributed by atoms with Gasteiger partial charge in [-0.1, -0.05) is 19.9 Å². The molecule has 2 N–H and O–H groups in total. The van der Waals surface area contributed by atoms with E-state index in [4.69, 9.17) is 0 Å². The largest absolute Gasteiger partial charge is 0.387 e. The highest BCUT2D eigenvalue weighted by Gasteiger charge is 2.20. The van der Waals surface area contributed by atoms with Crippen LogP contribution in [0.15, 0.2) is 24.3 Å². The van der Waals surface area contributed by atoms with Gasteiger partial charge in [0.25, 0.3) is 5.91 Å². The summed E-state index contributed by atoms with van der Waals surface area (Å²) in [6.07, 6.45) is -1.17. The van der Waals surface area contributed by atoms with Crippen LogP contribution in [0.25, 0.3) is 11.0 Å². The molecule has 148 valence electrons. The first-order valence-electron chi connectivity index (χ1n) is 8.94. The van der Waals surface area contributed by atoms with E-state index in [0.717, 1.165) is 17.8 Å². The predicted molar refractivity (Wildman–Crippen MR) is 101 cm³/mol. The number of nitrogens with zero attached hydrogens (tertiary/aromatic N) is 3. The van der Waals surface area contributed by atoms with E-state index in [0.29, 0.717) is 22.3 Å². The van der Waals surface area contributed by atoms with Crippen LogP contribution in [-0.4, -0.2) is 32.3 Å². The van der Waals surface area contributed by atoms with E-state index < -0.39 is 23.6 Å². The van der Waals surface area contributed by atoms with Crippen molar-refractivity contribution in [2.24, 2.45) is 7.05 Å². The van der Waals surface area contributed by atoms with E-state index in [1.165, 1.54) is 6.07 Å². The number of hydrogen-bond acceptors (Lipinski definition) is 4. The molecule has 6 nitrogen and oxygen atoms in total. The number of aromatic nitrogens is 3. The molecule has 2 aromatic heterocycles. The Balaban J connectivity index is 1.87. The standard InChI is InChI=1S/C20H22F2N4O2/c1-10(2)16-8-13(18-11(3)25-26(4)19(18)24-16)20(28)23-9-17(27)12-5-6-14(21)15(22)7-12/h5-8,10,17,27H,9H2,1-4H3,(H,23,28)/t17-/m0/s1. The summed E-state index contributed by atoms with van der Waals surface area (Å²) in [5.74, 6) is -2.33. The van der Waals surface area contributed by atoms with Crippen LogP contribution >= 0.6 is 0 Å². The predicted octanol–water partition coefficient (Wildman–Crippen LogP) is 3.14. The topological polar surface area (TPSA) is 80.0 Å². The van der Waals surface area contributed by atoms with Crippen molar-refractivity contribution in [3.63, 3.8) is 0 Å². The second-order valence-electron chi connectivity index (χ2n) is 7.06. The van der Waals surface area contributed by atoms with Gasteiger partial charge >= 0.3 is 0 Å². The molecule has 0 saturated heterocycles. The number of pyridine rings is 1. The zero-order chi connectivity index (χ0) is 20.6. The molecule has 0 aliphatic carbocycles. The van der Waals surface area contributed by atoms with Gasteiger partial charge in [-0.05, 0) is 36.6 Å². The zero-order valence-electron chi connectivity index (χ0n) is 16.1. The molecule has 0 spiro atoms. The molecular weight excluding hydrogens is 366 g/mol. The zero-order valence-corrected chi connectivity index (χ0v) is 16.1. The minimum absolute atomic E-state index is 0.110. The highest BCUT2D eigenvalue weighted by molar-refractivity contribution is 6.06. The smallest absolute Gasteiger partial charge is 0.252 e. The molecule has 1 amide bonds. The highest BCUT2D eigenvalue weighted by atomic mass is 19.2. The summed E-state index contributed by atoms with van der Waals surface area (Å²) in [5.41, 5.74) is 2.62. The molecule has 3 aromatic rings. The Hall–Kier alpha value is -2.87. The molecule has 28 heavy (non-hydrogen) atoms. The van der Waals surface area contributed by atoms with Crippen molar-refractivity contribution >= 4 is 16.9 Å². The van der Waals surface area contributed by atoms with Gasteiger partial charge in [-0.2, -0.15) is 5.10 Å². The van der Waals surface area contributed by atoms with Crippen LogP contribution in [0.2, 0.25) is 0 Å². The van der Waals surface area contributed by atoms with E-state index in [1.54, 1.807) is 24.7 Å². The number of nitrogens with one attached hydrogen (secondary N) is 1. The first-order chi connectivity index (χ1) is 13.2. The average molecular weight is 388 g/mol. The summed E-state index contributed by atoms with van der Waals surface area (Å²) < 4.78 is 28.0. The number of aliphatic hydroxyl groups is 1. The van der Waals surface area contributed by atoms with E-state index in [1.807, 2.05) is 13.8 Å². The average Bonchev–Trinajstić information content (AvgIpc) is 2.95.